The molecule has 1 aliphatic heterocycles. The van der Waals surface area contributed by atoms with Crippen molar-refractivity contribution in [1.29, 1.82) is 0 Å². The molecular weight excluding hydrogens is 230 g/mol. The normalized spacial score (nSPS) is 19.4. The number of amides is 1. The lowest BCUT2D eigenvalue weighted by molar-refractivity contribution is -0.112. The molecule has 1 aromatic rings. The molecule has 1 atom stereocenters. The van der Waals surface area contributed by atoms with Crippen LogP contribution in [0.1, 0.15) is 29.6 Å². The molecule has 4 heteroatoms. The average molecular weight is 247 g/mol. The maximum Gasteiger partial charge on any atom is 0.258 e. The van der Waals surface area contributed by atoms with E-state index in [-0.39, 0.29) is 11.9 Å². The van der Waals surface area contributed by atoms with E-state index < -0.39 is 0 Å². The zero-order valence-electron chi connectivity index (χ0n) is 10.5. The molecule has 4 nitrogen and oxygen atoms in total. The second-order valence-electron chi connectivity index (χ2n) is 4.40. The summed E-state index contributed by atoms with van der Waals surface area (Å²) in [7, 11) is 1.54. The fourth-order valence-electron chi connectivity index (χ4n) is 2.33. The molecular formula is C14H17NO3. The minimum absolute atomic E-state index is 0.121. The number of carbonyl (C=O) groups is 2. The summed E-state index contributed by atoms with van der Waals surface area (Å²) in [4.78, 5) is 25.1. The summed E-state index contributed by atoms with van der Waals surface area (Å²) in [6.07, 6.45) is 3.57. The number of piperidine rings is 1. The van der Waals surface area contributed by atoms with Gasteiger partial charge in [0.1, 0.15) is 12.0 Å². The van der Waals surface area contributed by atoms with Crippen LogP contribution in [0.15, 0.2) is 24.3 Å². The van der Waals surface area contributed by atoms with E-state index in [4.69, 9.17) is 4.74 Å². The molecule has 1 heterocycles. The van der Waals surface area contributed by atoms with Gasteiger partial charge in [0.2, 0.25) is 0 Å². The maximum absolute atomic E-state index is 12.4. The third kappa shape index (κ3) is 2.37. The Bertz CT molecular complexity index is 444. The number of aldehydes is 1. The van der Waals surface area contributed by atoms with Crippen LogP contribution in [0.3, 0.4) is 0 Å². The Labute approximate surface area is 107 Å². The fraction of sp³-hybridized carbons (Fsp3) is 0.429. The monoisotopic (exact) mass is 247 g/mol. The predicted octanol–water partition coefficient (Wildman–Crippen LogP) is 1.89. The van der Waals surface area contributed by atoms with Crippen molar-refractivity contribution >= 4 is 12.2 Å². The molecule has 2 rings (SSSR count). The van der Waals surface area contributed by atoms with E-state index in [1.54, 1.807) is 30.2 Å². The standard InChI is InChI=1S/C14H17NO3/c1-18-13-8-3-2-7-12(13)14(17)15-9-5-4-6-11(15)10-16/h2-3,7-8,10-11H,4-6,9H2,1H3/t11-/m0/s1. The van der Waals surface area contributed by atoms with E-state index >= 15 is 0 Å². The lowest BCUT2D eigenvalue weighted by Crippen LogP contribution is -2.44. The summed E-state index contributed by atoms with van der Waals surface area (Å²) in [6.45, 7) is 0.639. The lowest BCUT2D eigenvalue weighted by atomic mass is 10.0. The maximum atomic E-state index is 12.4. The molecule has 0 spiro atoms. The lowest BCUT2D eigenvalue weighted by Gasteiger charge is -2.32. The van der Waals surface area contributed by atoms with Gasteiger partial charge >= 0.3 is 0 Å². The molecule has 0 radical (unpaired) electrons. The molecule has 96 valence electrons. The van der Waals surface area contributed by atoms with Crippen molar-refractivity contribution in [2.45, 2.75) is 25.3 Å². The number of hydrogen-bond acceptors (Lipinski definition) is 3. The van der Waals surface area contributed by atoms with Gasteiger partial charge in [0.05, 0.1) is 18.7 Å². The topological polar surface area (TPSA) is 46.6 Å². The molecule has 0 bridgehead atoms. The van der Waals surface area contributed by atoms with Crippen LogP contribution in [0.25, 0.3) is 0 Å². The molecule has 1 saturated heterocycles. The number of nitrogens with zero attached hydrogens (tertiary/aromatic N) is 1. The Balaban J connectivity index is 2.26. The van der Waals surface area contributed by atoms with Gasteiger partial charge in [-0.15, -0.1) is 0 Å². The van der Waals surface area contributed by atoms with Gasteiger partial charge in [-0.05, 0) is 31.4 Å². The number of methoxy groups -OCH3 is 1. The zero-order chi connectivity index (χ0) is 13.0. The van der Waals surface area contributed by atoms with Gasteiger partial charge in [0, 0.05) is 6.54 Å². The van der Waals surface area contributed by atoms with Gasteiger partial charge in [0.25, 0.3) is 5.91 Å². The third-order valence-corrected chi connectivity index (χ3v) is 3.30. The van der Waals surface area contributed by atoms with Crippen LogP contribution in [-0.2, 0) is 4.79 Å². The number of likely N-dealkylation sites (tertiary alicyclic amines) is 1. The summed E-state index contributed by atoms with van der Waals surface area (Å²) in [5, 5.41) is 0. The first-order chi connectivity index (χ1) is 8.77. The summed E-state index contributed by atoms with van der Waals surface area (Å²) in [6, 6.07) is 6.82. The van der Waals surface area contributed by atoms with E-state index in [1.165, 1.54) is 0 Å². The van der Waals surface area contributed by atoms with Gasteiger partial charge in [-0.25, -0.2) is 0 Å². The van der Waals surface area contributed by atoms with Crippen molar-refractivity contribution in [3.05, 3.63) is 29.8 Å². The molecule has 0 unspecified atom stereocenters. The van der Waals surface area contributed by atoms with Gasteiger partial charge < -0.3 is 14.4 Å². The smallest absolute Gasteiger partial charge is 0.258 e. The SMILES string of the molecule is COc1ccccc1C(=O)N1CCCC[C@H]1C=O. The molecule has 1 aliphatic rings. The summed E-state index contributed by atoms with van der Waals surface area (Å²) in [5.41, 5.74) is 0.522. The Morgan fingerprint density at radius 1 is 1.39 bits per heavy atom. The highest BCUT2D eigenvalue weighted by Gasteiger charge is 2.28. The van der Waals surface area contributed by atoms with E-state index in [0.717, 1.165) is 25.5 Å². The fourth-order valence-corrected chi connectivity index (χ4v) is 2.33. The number of ether oxygens (including phenoxy) is 1. The van der Waals surface area contributed by atoms with Crippen LogP contribution in [0, 0.1) is 0 Å². The summed E-state index contributed by atoms with van der Waals surface area (Å²) < 4.78 is 5.19. The molecule has 18 heavy (non-hydrogen) atoms. The number of benzene rings is 1. The highest BCUT2D eigenvalue weighted by molar-refractivity contribution is 5.98. The van der Waals surface area contributed by atoms with Gasteiger partial charge in [0.15, 0.2) is 0 Å². The molecule has 1 amide bonds. The second kappa shape index (κ2) is 5.67. The van der Waals surface area contributed by atoms with E-state index in [1.807, 2.05) is 6.07 Å². The highest BCUT2D eigenvalue weighted by atomic mass is 16.5. The van der Waals surface area contributed by atoms with Gasteiger partial charge in [-0.1, -0.05) is 12.1 Å². The molecule has 0 N–H and O–H groups in total. The van der Waals surface area contributed by atoms with Crippen LogP contribution in [0.2, 0.25) is 0 Å². The first-order valence-corrected chi connectivity index (χ1v) is 6.17. The highest BCUT2D eigenvalue weighted by Crippen LogP contribution is 2.23. The molecule has 1 fully saturated rings. The first-order valence-electron chi connectivity index (χ1n) is 6.17. The summed E-state index contributed by atoms with van der Waals surface area (Å²) >= 11 is 0. The Morgan fingerprint density at radius 2 is 2.17 bits per heavy atom. The van der Waals surface area contributed by atoms with Crippen molar-refractivity contribution in [2.75, 3.05) is 13.7 Å². The largest absolute Gasteiger partial charge is 0.496 e. The number of hydrogen-bond donors (Lipinski definition) is 0. The molecule has 0 saturated carbocycles. The Morgan fingerprint density at radius 3 is 2.89 bits per heavy atom. The van der Waals surface area contributed by atoms with Crippen LogP contribution < -0.4 is 4.74 Å². The summed E-state index contributed by atoms with van der Waals surface area (Å²) in [5.74, 6) is 0.432. The first kappa shape index (κ1) is 12.6. The number of para-hydroxylation sites is 1. The van der Waals surface area contributed by atoms with Crippen LogP contribution in [0.5, 0.6) is 5.75 Å². The minimum atomic E-state index is -0.295. The third-order valence-electron chi connectivity index (χ3n) is 3.30. The van der Waals surface area contributed by atoms with E-state index in [2.05, 4.69) is 0 Å². The number of carbonyl (C=O) groups excluding carboxylic acids is 2. The Hall–Kier alpha value is -1.84. The zero-order valence-corrected chi connectivity index (χ0v) is 10.5. The van der Waals surface area contributed by atoms with Crippen molar-refractivity contribution in [3.8, 4) is 5.75 Å². The van der Waals surface area contributed by atoms with Crippen molar-refractivity contribution in [3.63, 3.8) is 0 Å². The van der Waals surface area contributed by atoms with E-state index in [9.17, 15) is 9.59 Å². The Kier molecular flexibility index (Phi) is 3.97. The predicted molar refractivity (Wildman–Crippen MR) is 67.7 cm³/mol. The van der Waals surface area contributed by atoms with Crippen molar-refractivity contribution in [2.24, 2.45) is 0 Å². The molecule has 1 aromatic carbocycles. The van der Waals surface area contributed by atoms with Crippen LogP contribution in [-0.4, -0.2) is 36.8 Å². The van der Waals surface area contributed by atoms with Gasteiger partial charge in [-0.3, -0.25) is 4.79 Å². The minimum Gasteiger partial charge on any atom is -0.496 e. The van der Waals surface area contributed by atoms with Crippen molar-refractivity contribution < 1.29 is 14.3 Å². The second-order valence-corrected chi connectivity index (χ2v) is 4.40. The van der Waals surface area contributed by atoms with E-state index in [0.29, 0.717) is 17.9 Å². The van der Waals surface area contributed by atoms with Crippen LogP contribution in [0.4, 0.5) is 0 Å². The van der Waals surface area contributed by atoms with Gasteiger partial charge in [-0.2, -0.15) is 0 Å². The van der Waals surface area contributed by atoms with Crippen LogP contribution >= 0.6 is 0 Å². The molecule has 0 aliphatic carbocycles. The average Bonchev–Trinajstić information content (AvgIpc) is 2.46. The van der Waals surface area contributed by atoms with Crippen molar-refractivity contribution in [1.82, 2.24) is 4.90 Å². The number of rotatable bonds is 3. The molecule has 0 aromatic heterocycles. The quantitative estimate of drug-likeness (QED) is 0.766.